The maximum Gasteiger partial charge on any atom is 0.308 e. The summed E-state index contributed by atoms with van der Waals surface area (Å²) in [5.74, 6) is 2.40. The van der Waals surface area contributed by atoms with Crippen molar-refractivity contribution < 1.29 is 19.1 Å². The summed E-state index contributed by atoms with van der Waals surface area (Å²) >= 11 is 0. The molecule has 0 unspecified atom stereocenters. The molecular formula is C25H38O4. The van der Waals surface area contributed by atoms with Gasteiger partial charge >= 0.3 is 11.9 Å². The van der Waals surface area contributed by atoms with Crippen LogP contribution in [-0.4, -0.2) is 25.2 Å². The average Bonchev–Trinajstić information content (AvgIpc) is 3.03. The lowest BCUT2D eigenvalue weighted by Gasteiger charge is -2.58. The number of carbonyl (C=O) groups is 2. The number of hydrogen-bond acceptors (Lipinski definition) is 4. The van der Waals surface area contributed by atoms with Gasteiger partial charge in [0.2, 0.25) is 0 Å². The SMILES string of the molecule is COC(=O)[C@@H](C)[C@@H]1CC[C@@H]2[C@H]3CC=C4C[C@@H](OC(C)=O)CC[C@]4(C)[C@@H]3CC[C@]21C. The van der Waals surface area contributed by atoms with Crippen molar-refractivity contribution >= 4 is 11.9 Å². The van der Waals surface area contributed by atoms with Gasteiger partial charge in [-0.3, -0.25) is 9.59 Å². The first-order chi connectivity index (χ1) is 13.7. The Hall–Kier alpha value is -1.32. The van der Waals surface area contributed by atoms with E-state index in [1.54, 1.807) is 0 Å². The van der Waals surface area contributed by atoms with E-state index in [0.29, 0.717) is 11.8 Å². The summed E-state index contributed by atoms with van der Waals surface area (Å²) in [4.78, 5) is 23.7. The Morgan fingerprint density at radius 3 is 2.55 bits per heavy atom. The fraction of sp³-hybridized carbons (Fsp3) is 0.840. The molecule has 4 aliphatic carbocycles. The van der Waals surface area contributed by atoms with Crippen LogP contribution in [0.3, 0.4) is 0 Å². The molecule has 0 saturated heterocycles. The van der Waals surface area contributed by atoms with Crippen LogP contribution in [0, 0.1) is 40.4 Å². The molecule has 29 heavy (non-hydrogen) atoms. The first-order valence-electron chi connectivity index (χ1n) is 11.6. The van der Waals surface area contributed by atoms with Crippen molar-refractivity contribution in [1.82, 2.24) is 0 Å². The van der Waals surface area contributed by atoms with Gasteiger partial charge in [0.1, 0.15) is 6.10 Å². The predicted molar refractivity (Wildman–Crippen MR) is 112 cm³/mol. The minimum absolute atomic E-state index is 0.00370. The first kappa shape index (κ1) is 20.9. The number of hydrogen-bond donors (Lipinski definition) is 0. The lowest BCUT2D eigenvalue weighted by atomic mass is 9.47. The number of ether oxygens (including phenoxy) is 2. The van der Waals surface area contributed by atoms with E-state index >= 15 is 0 Å². The largest absolute Gasteiger partial charge is 0.469 e. The van der Waals surface area contributed by atoms with E-state index in [9.17, 15) is 9.59 Å². The molecule has 4 heteroatoms. The molecule has 0 amide bonds. The van der Waals surface area contributed by atoms with Crippen LogP contribution in [0.2, 0.25) is 0 Å². The van der Waals surface area contributed by atoms with Gasteiger partial charge in [-0.2, -0.15) is 0 Å². The van der Waals surface area contributed by atoms with E-state index in [-0.39, 0.29) is 34.8 Å². The Balaban J connectivity index is 1.56. The van der Waals surface area contributed by atoms with Crippen molar-refractivity contribution in [3.63, 3.8) is 0 Å². The zero-order valence-electron chi connectivity index (χ0n) is 18.8. The van der Waals surface area contributed by atoms with Crippen LogP contribution < -0.4 is 0 Å². The van der Waals surface area contributed by atoms with Crippen LogP contribution in [0.25, 0.3) is 0 Å². The average molecular weight is 403 g/mol. The highest BCUT2D eigenvalue weighted by Crippen LogP contribution is 2.67. The summed E-state index contributed by atoms with van der Waals surface area (Å²) in [6.07, 6.45) is 11.6. The summed E-state index contributed by atoms with van der Waals surface area (Å²) in [7, 11) is 1.52. The zero-order valence-corrected chi connectivity index (χ0v) is 18.8. The predicted octanol–water partition coefficient (Wildman–Crippen LogP) is 5.31. The van der Waals surface area contributed by atoms with Gasteiger partial charge in [0, 0.05) is 13.3 Å². The Bertz CT molecular complexity index is 712. The van der Waals surface area contributed by atoms with Crippen LogP contribution >= 0.6 is 0 Å². The summed E-state index contributed by atoms with van der Waals surface area (Å²) < 4.78 is 10.7. The van der Waals surface area contributed by atoms with Gasteiger partial charge in [-0.1, -0.05) is 32.4 Å². The Morgan fingerprint density at radius 1 is 1.10 bits per heavy atom. The molecule has 0 heterocycles. The van der Waals surface area contributed by atoms with E-state index in [2.05, 4.69) is 26.8 Å². The molecular weight excluding hydrogens is 364 g/mol. The molecule has 0 spiro atoms. The lowest BCUT2D eigenvalue weighted by Crippen LogP contribution is -2.51. The minimum Gasteiger partial charge on any atom is -0.469 e. The Morgan fingerprint density at radius 2 is 1.86 bits per heavy atom. The number of methoxy groups -OCH3 is 1. The molecule has 162 valence electrons. The van der Waals surface area contributed by atoms with Crippen molar-refractivity contribution in [2.24, 2.45) is 40.4 Å². The smallest absolute Gasteiger partial charge is 0.308 e. The molecule has 0 radical (unpaired) electrons. The van der Waals surface area contributed by atoms with Crippen molar-refractivity contribution in [3.05, 3.63) is 11.6 Å². The first-order valence-corrected chi connectivity index (χ1v) is 11.6. The molecule has 0 aliphatic heterocycles. The van der Waals surface area contributed by atoms with Crippen molar-refractivity contribution in [2.75, 3.05) is 7.11 Å². The van der Waals surface area contributed by atoms with E-state index in [4.69, 9.17) is 9.47 Å². The zero-order chi connectivity index (χ0) is 21.0. The molecule has 4 aliphatic rings. The fourth-order valence-corrected chi connectivity index (χ4v) is 8.17. The second-order valence-electron chi connectivity index (χ2n) is 10.8. The molecule has 0 aromatic carbocycles. The standard InChI is InChI=1S/C25H38O4/c1-15(23(27)28-5)20-8-9-21-19-7-6-17-14-18(29-16(2)26)10-12-24(17,3)22(19)11-13-25(20,21)4/h6,15,18-22H,7-14H2,1-5H3/t15-,18-,19+,20-,21+,22+,24-,25-/m0/s1. The molecule has 3 fully saturated rings. The van der Waals surface area contributed by atoms with E-state index in [1.807, 2.05) is 0 Å². The third-order valence-corrected chi connectivity index (χ3v) is 9.64. The number of carbonyl (C=O) groups excluding carboxylic acids is 2. The van der Waals surface area contributed by atoms with Crippen LogP contribution in [0.4, 0.5) is 0 Å². The summed E-state index contributed by atoms with van der Waals surface area (Å²) in [6.45, 7) is 8.54. The normalized spacial score (nSPS) is 44.6. The lowest BCUT2D eigenvalue weighted by molar-refractivity contribution is -0.150. The van der Waals surface area contributed by atoms with E-state index in [1.165, 1.54) is 38.9 Å². The Kier molecular flexibility index (Phi) is 5.36. The van der Waals surface area contributed by atoms with Crippen LogP contribution in [0.15, 0.2) is 11.6 Å². The van der Waals surface area contributed by atoms with Gasteiger partial charge in [0.25, 0.3) is 0 Å². The van der Waals surface area contributed by atoms with Crippen molar-refractivity contribution in [1.29, 1.82) is 0 Å². The van der Waals surface area contributed by atoms with Gasteiger partial charge in [-0.15, -0.1) is 0 Å². The third-order valence-electron chi connectivity index (χ3n) is 9.64. The molecule has 4 nitrogen and oxygen atoms in total. The highest BCUT2D eigenvalue weighted by Gasteiger charge is 2.59. The second kappa shape index (κ2) is 7.42. The molecule has 0 aromatic heterocycles. The Labute approximate surface area is 175 Å². The highest BCUT2D eigenvalue weighted by molar-refractivity contribution is 5.72. The maximum absolute atomic E-state index is 12.3. The number of rotatable bonds is 3. The van der Waals surface area contributed by atoms with Crippen molar-refractivity contribution in [3.8, 4) is 0 Å². The van der Waals surface area contributed by atoms with Crippen LogP contribution in [0.1, 0.15) is 79.1 Å². The fourth-order valence-electron chi connectivity index (χ4n) is 8.17. The summed E-state index contributed by atoms with van der Waals surface area (Å²) in [6, 6.07) is 0. The molecule has 3 saturated carbocycles. The number of esters is 2. The van der Waals surface area contributed by atoms with Crippen LogP contribution in [-0.2, 0) is 19.1 Å². The molecule has 0 bridgehead atoms. The summed E-state index contributed by atoms with van der Waals surface area (Å²) in [5, 5.41) is 0. The van der Waals surface area contributed by atoms with Gasteiger partial charge < -0.3 is 9.47 Å². The highest BCUT2D eigenvalue weighted by atomic mass is 16.5. The molecule has 0 aromatic rings. The summed E-state index contributed by atoms with van der Waals surface area (Å²) in [5.41, 5.74) is 2.05. The monoisotopic (exact) mass is 402 g/mol. The second-order valence-corrected chi connectivity index (χ2v) is 10.8. The van der Waals surface area contributed by atoms with Gasteiger partial charge in [-0.05, 0) is 79.4 Å². The van der Waals surface area contributed by atoms with E-state index < -0.39 is 0 Å². The number of allylic oxidation sites excluding steroid dienone is 1. The van der Waals surface area contributed by atoms with Crippen LogP contribution in [0.5, 0.6) is 0 Å². The number of fused-ring (bicyclic) bond motifs is 5. The minimum atomic E-state index is -0.155. The quantitative estimate of drug-likeness (QED) is 0.474. The van der Waals surface area contributed by atoms with Gasteiger partial charge in [0.05, 0.1) is 13.0 Å². The van der Waals surface area contributed by atoms with Crippen molar-refractivity contribution in [2.45, 2.75) is 85.2 Å². The van der Waals surface area contributed by atoms with E-state index in [0.717, 1.165) is 43.9 Å². The maximum atomic E-state index is 12.3. The van der Waals surface area contributed by atoms with Gasteiger partial charge in [0.15, 0.2) is 0 Å². The molecule has 4 rings (SSSR count). The third kappa shape index (κ3) is 3.25. The topological polar surface area (TPSA) is 52.6 Å². The molecule has 0 N–H and O–H groups in total. The van der Waals surface area contributed by atoms with Gasteiger partial charge in [-0.25, -0.2) is 0 Å². The molecule has 8 atom stereocenters.